The predicted molar refractivity (Wildman–Crippen MR) is 53.2 cm³/mol. The van der Waals surface area contributed by atoms with E-state index in [1.807, 2.05) is 6.07 Å². The lowest BCUT2D eigenvalue weighted by molar-refractivity contribution is -0.135. The van der Waals surface area contributed by atoms with E-state index in [1.54, 1.807) is 24.3 Å². The first-order valence-electron chi connectivity index (χ1n) is 4.25. The highest BCUT2D eigenvalue weighted by Gasteiger charge is 2.00. The summed E-state index contributed by atoms with van der Waals surface area (Å²) in [6.45, 7) is 0. The third kappa shape index (κ3) is 4.08. The van der Waals surface area contributed by atoms with Crippen LogP contribution in [0.4, 0.5) is 0 Å². The van der Waals surface area contributed by atoms with E-state index in [-0.39, 0.29) is 0 Å². The third-order valence-electron chi connectivity index (χ3n) is 1.52. The molecule has 0 aliphatic rings. The lowest BCUT2D eigenvalue weighted by Crippen LogP contribution is -2.05. The van der Waals surface area contributed by atoms with Crippen LogP contribution in [-0.2, 0) is 14.3 Å². The van der Waals surface area contributed by atoms with Crippen LogP contribution < -0.4 is 4.74 Å². The second kappa shape index (κ2) is 5.59. The minimum Gasteiger partial charge on any atom is -0.466 e. The maximum atomic E-state index is 11.1. The van der Waals surface area contributed by atoms with Gasteiger partial charge in [-0.3, -0.25) is 0 Å². The van der Waals surface area contributed by atoms with Gasteiger partial charge in [0.1, 0.15) is 5.75 Å². The number of hydrogen-bond donors (Lipinski definition) is 0. The number of rotatable bonds is 3. The Morgan fingerprint density at radius 3 is 2.27 bits per heavy atom. The first kappa shape index (κ1) is 11.0. The minimum absolute atomic E-state index is 0.428. The van der Waals surface area contributed by atoms with Crippen molar-refractivity contribution in [2.24, 2.45) is 0 Å². The fraction of sp³-hybridized carbons (Fsp3) is 0.0909. The summed E-state index contributed by atoms with van der Waals surface area (Å²) >= 11 is 0. The Hall–Kier alpha value is -2.10. The molecule has 0 spiro atoms. The molecule has 1 rings (SSSR count). The lowest BCUT2D eigenvalue weighted by Gasteiger charge is -1.99. The van der Waals surface area contributed by atoms with Crippen molar-refractivity contribution in [3.63, 3.8) is 0 Å². The molecule has 0 atom stereocenters. The summed E-state index contributed by atoms with van der Waals surface area (Å²) in [6, 6.07) is 8.58. The first-order chi connectivity index (χ1) is 7.22. The van der Waals surface area contributed by atoms with Crippen LogP contribution in [0.5, 0.6) is 5.75 Å². The van der Waals surface area contributed by atoms with Gasteiger partial charge in [0.15, 0.2) is 0 Å². The van der Waals surface area contributed by atoms with Crippen LogP contribution in [0.1, 0.15) is 0 Å². The quantitative estimate of drug-likeness (QED) is 0.425. The normalized spacial score (nSPS) is 9.93. The van der Waals surface area contributed by atoms with E-state index in [0.29, 0.717) is 5.75 Å². The zero-order valence-corrected chi connectivity index (χ0v) is 8.17. The van der Waals surface area contributed by atoms with Crippen molar-refractivity contribution in [1.82, 2.24) is 0 Å². The number of ether oxygens (including phenoxy) is 2. The van der Waals surface area contributed by atoms with Crippen LogP contribution in [0.2, 0.25) is 0 Å². The van der Waals surface area contributed by atoms with Gasteiger partial charge in [-0.15, -0.1) is 0 Å². The van der Waals surface area contributed by atoms with Crippen molar-refractivity contribution < 1.29 is 19.1 Å². The van der Waals surface area contributed by atoms with E-state index >= 15 is 0 Å². The number of carbonyl (C=O) groups is 2. The Labute approximate surface area is 87.1 Å². The molecule has 4 nitrogen and oxygen atoms in total. The van der Waals surface area contributed by atoms with Gasteiger partial charge in [0.25, 0.3) is 0 Å². The maximum absolute atomic E-state index is 11.1. The smallest absolute Gasteiger partial charge is 0.336 e. The number of esters is 2. The van der Waals surface area contributed by atoms with Crippen LogP contribution >= 0.6 is 0 Å². The van der Waals surface area contributed by atoms with E-state index in [0.717, 1.165) is 12.2 Å². The Morgan fingerprint density at radius 2 is 1.67 bits per heavy atom. The van der Waals surface area contributed by atoms with Gasteiger partial charge in [-0.25, -0.2) is 9.59 Å². The molecule has 0 heterocycles. The van der Waals surface area contributed by atoms with Gasteiger partial charge in [-0.1, -0.05) is 18.2 Å². The number of methoxy groups -OCH3 is 1. The van der Waals surface area contributed by atoms with E-state index in [9.17, 15) is 9.59 Å². The van der Waals surface area contributed by atoms with Crippen molar-refractivity contribution in [2.75, 3.05) is 7.11 Å². The Morgan fingerprint density at radius 1 is 1.07 bits per heavy atom. The summed E-state index contributed by atoms with van der Waals surface area (Å²) < 4.78 is 9.19. The summed E-state index contributed by atoms with van der Waals surface area (Å²) in [5.41, 5.74) is 0. The second-order valence-corrected chi connectivity index (χ2v) is 2.59. The Kier molecular flexibility index (Phi) is 4.09. The molecule has 4 heteroatoms. The molecule has 0 amide bonds. The van der Waals surface area contributed by atoms with Crippen LogP contribution in [0.25, 0.3) is 0 Å². The maximum Gasteiger partial charge on any atom is 0.336 e. The molecule has 15 heavy (non-hydrogen) atoms. The number of carbonyl (C=O) groups excluding carboxylic acids is 2. The molecule has 0 saturated carbocycles. The summed E-state index contributed by atoms with van der Waals surface area (Å²) in [4.78, 5) is 21.8. The molecule has 1 aromatic carbocycles. The lowest BCUT2D eigenvalue weighted by atomic mass is 10.3. The molecule has 0 aliphatic heterocycles. The van der Waals surface area contributed by atoms with Crippen molar-refractivity contribution in [2.45, 2.75) is 0 Å². The number of benzene rings is 1. The summed E-state index contributed by atoms with van der Waals surface area (Å²) in [7, 11) is 1.23. The van der Waals surface area contributed by atoms with Crippen LogP contribution in [0.3, 0.4) is 0 Å². The molecule has 0 bridgehead atoms. The average molecular weight is 206 g/mol. The highest BCUT2D eigenvalue weighted by atomic mass is 16.5. The Balaban J connectivity index is 2.50. The van der Waals surface area contributed by atoms with Gasteiger partial charge in [0, 0.05) is 12.2 Å². The zero-order chi connectivity index (χ0) is 11.1. The molecule has 0 N–H and O–H groups in total. The van der Waals surface area contributed by atoms with Crippen molar-refractivity contribution in [3.05, 3.63) is 42.5 Å². The van der Waals surface area contributed by atoms with Gasteiger partial charge in [0.2, 0.25) is 0 Å². The zero-order valence-electron chi connectivity index (χ0n) is 8.17. The molecule has 0 fully saturated rings. The number of para-hydroxylation sites is 1. The van der Waals surface area contributed by atoms with Gasteiger partial charge in [-0.2, -0.15) is 0 Å². The molecular formula is C11H10O4. The van der Waals surface area contributed by atoms with Gasteiger partial charge in [-0.05, 0) is 12.1 Å². The van der Waals surface area contributed by atoms with Gasteiger partial charge < -0.3 is 9.47 Å². The van der Waals surface area contributed by atoms with E-state index < -0.39 is 11.9 Å². The third-order valence-corrected chi connectivity index (χ3v) is 1.52. The van der Waals surface area contributed by atoms with Crippen molar-refractivity contribution >= 4 is 11.9 Å². The monoisotopic (exact) mass is 206 g/mol. The van der Waals surface area contributed by atoms with E-state index in [2.05, 4.69) is 4.74 Å². The van der Waals surface area contributed by atoms with Crippen LogP contribution in [-0.4, -0.2) is 19.0 Å². The fourth-order valence-electron chi connectivity index (χ4n) is 0.843. The topological polar surface area (TPSA) is 52.6 Å². The van der Waals surface area contributed by atoms with Crippen LogP contribution in [0.15, 0.2) is 42.5 Å². The first-order valence-corrected chi connectivity index (χ1v) is 4.25. The summed E-state index contributed by atoms with van der Waals surface area (Å²) in [5.74, 6) is -0.788. The average Bonchev–Trinajstić information content (AvgIpc) is 2.27. The summed E-state index contributed by atoms with van der Waals surface area (Å²) in [5, 5.41) is 0. The second-order valence-electron chi connectivity index (χ2n) is 2.59. The molecule has 0 aromatic heterocycles. The molecule has 0 radical (unpaired) electrons. The van der Waals surface area contributed by atoms with Crippen molar-refractivity contribution in [1.29, 1.82) is 0 Å². The van der Waals surface area contributed by atoms with E-state index in [1.165, 1.54) is 7.11 Å². The SMILES string of the molecule is COC(=O)/C=C\C(=O)Oc1ccccc1. The molecule has 0 unspecified atom stereocenters. The molecule has 0 aliphatic carbocycles. The highest BCUT2D eigenvalue weighted by Crippen LogP contribution is 2.08. The minimum atomic E-state index is -0.619. The van der Waals surface area contributed by atoms with Gasteiger partial charge in [0.05, 0.1) is 7.11 Å². The van der Waals surface area contributed by atoms with Crippen LogP contribution in [0, 0.1) is 0 Å². The predicted octanol–water partition coefficient (Wildman–Crippen LogP) is 1.32. The highest BCUT2D eigenvalue weighted by molar-refractivity contribution is 5.92. The van der Waals surface area contributed by atoms with E-state index in [4.69, 9.17) is 4.74 Å². The van der Waals surface area contributed by atoms with Gasteiger partial charge >= 0.3 is 11.9 Å². The standard InChI is InChI=1S/C11H10O4/c1-14-10(12)7-8-11(13)15-9-5-3-2-4-6-9/h2-8H,1H3/b8-7-. The fourth-order valence-corrected chi connectivity index (χ4v) is 0.843. The molecular weight excluding hydrogens is 196 g/mol. The Bertz CT molecular complexity index is 367. The summed E-state index contributed by atoms with van der Waals surface area (Å²) in [6.07, 6.45) is 2.02. The molecule has 1 aromatic rings. The number of hydrogen-bond acceptors (Lipinski definition) is 4. The molecule has 0 saturated heterocycles. The molecule has 78 valence electrons. The van der Waals surface area contributed by atoms with Crippen molar-refractivity contribution in [3.8, 4) is 5.75 Å². The largest absolute Gasteiger partial charge is 0.466 e.